The van der Waals surface area contributed by atoms with Crippen molar-refractivity contribution in [2.45, 2.75) is 109 Å². The minimum Gasteiger partial charge on any atom is -0.485 e. The summed E-state index contributed by atoms with van der Waals surface area (Å²) in [5, 5.41) is 0. The van der Waals surface area contributed by atoms with Gasteiger partial charge in [-0.05, 0) is 74.5 Å². The predicted octanol–water partition coefficient (Wildman–Crippen LogP) is 7.85. The Kier molecular flexibility index (Phi) is 8.58. The highest BCUT2D eigenvalue weighted by Gasteiger charge is 2.32. The third-order valence-corrected chi connectivity index (χ3v) is 11.2. The molecule has 3 rings (SSSR count). The second-order valence-electron chi connectivity index (χ2n) is 9.71. The summed E-state index contributed by atoms with van der Waals surface area (Å²) in [6, 6.07) is 7.69. The maximum Gasteiger partial charge on any atom is 0.191 e. The average molecular weight is 423 g/mol. The summed E-state index contributed by atoms with van der Waals surface area (Å²) in [6.07, 6.45) is 10.5. The third-order valence-electron chi connectivity index (χ3n) is 7.53. The lowest BCUT2D eigenvalue weighted by molar-refractivity contribution is 0.190. The van der Waals surface area contributed by atoms with Crippen LogP contribution in [0.4, 0.5) is 8.78 Å². The lowest BCUT2D eigenvalue weighted by Crippen LogP contribution is -2.28. The largest absolute Gasteiger partial charge is 0.485 e. The van der Waals surface area contributed by atoms with Gasteiger partial charge in [0.1, 0.15) is 0 Å². The number of hydrogen-bond donors (Lipinski definition) is 0. The smallest absolute Gasteiger partial charge is 0.191 e. The molecule has 0 aromatic heterocycles. The highest BCUT2D eigenvalue weighted by atomic mass is 28.3. The van der Waals surface area contributed by atoms with Crippen molar-refractivity contribution in [1.29, 1.82) is 0 Å². The van der Waals surface area contributed by atoms with E-state index in [9.17, 15) is 8.78 Å². The highest BCUT2D eigenvalue weighted by molar-refractivity contribution is 6.58. The molecular formula is C25H40F2OSi. The maximum atomic E-state index is 14.6. The molecule has 1 unspecified atom stereocenters. The van der Waals surface area contributed by atoms with E-state index in [-0.39, 0.29) is 11.9 Å². The summed E-state index contributed by atoms with van der Waals surface area (Å²) in [5.74, 6) is 0.781. The van der Waals surface area contributed by atoms with Gasteiger partial charge in [-0.25, -0.2) is 8.78 Å². The first-order chi connectivity index (χ1) is 14.0. The molecule has 1 atom stereocenters. The van der Waals surface area contributed by atoms with Crippen LogP contribution >= 0.6 is 0 Å². The molecule has 0 amide bonds. The second-order valence-corrected chi connectivity index (χ2v) is 13.2. The third kappa shape index (κ3) is 6.05. The van der Waals surface area contributed by atoms with Crippen LogP contribution in [0, 0.1) is 23.5 Å². The van der Waals surface area contributed by atoms with Crippen LogP contribution in [-0.4, -0.2) is 14.9 Å². The fourth-order valence-corrected chi connectivity index (χ4v) is 9.36. The molecule has 29 heavy (non-hydrogen) atoms. The molecule has 0 radical (unpaired) electrons. The van der Waals surface area contributed by atoms with Crippen molar-refractivity contribution in [2.75, 3.05) is 0 Å². The van der Waals surface area contributed by atoms with Gasteiger partial charge in [0.2, 0.25) is 0 Å². The lowest BCUT2D eigenvalue weighted by atomic mass is 9.72. The van der Waals surface area contributed by atoms with E-state index in [0.717, 1.165) is 43.1 Å². The van der Waals surface area contributed by atoms with Gasteiger partial charge in [0.25, 0.3) is 0 Å². The Morgan fingerprint density at radius 3 is 2.07 bits per heavy atom. The molecule has 1 aromatic carbocycles. The fraction of sp³-hybridized carbons (Fsp3) is 0.760. The normalized spacial score (nSPS) is 28.9. The summed E-state index contributed by atoms with van der Waals surface area (Å²) < 4.78 is 34.7. The first-order valence-corrected chi connectivity index (χ1v) is 14.6. The van der Waals surface area contributed by atoms with Gasteiger partial charge in [-0.3, -0.25) is 0 Å². The van der Waals surface area contributed by atoms with Crippen molar-refractivity contribution >= 4 is 8.80 Å². The molecule has 1 saturated carbocycles. The van der Waals surface area contributed by atoms with Gasteiger partial charge in [0.15, 0.2) is 17.4 Å². The van der Waals surface area contributed by atoms with Gasteiger partial charge in [-0.1, -0.05) is 57.7 Å². The van der Waals surface area contributed by atoms with E-state index in [2.05, 4.69) is 6.92 Å². The molecular weight excluding hydrogens is 382 g/mol. The SMILES string of the molecule is CCCC(C)Oc1c(F)cc(C2CCC(C3CC[SiH](CCC)CC3)CC2)cc1F. The van der Waals surface area contributed by atoms with Crippen molar-refractivity contribution in [3.8, 4) is 5.75 Å². The van der Waals surface area contributed by atoms with Crippen LogP contribution in [0.1, 0.15) is 90.0 Å². The van der Waals surface area contributed by atoms with Crippen molar-refractivity contribution in [2.24, 2.45) is 11.8 Å². The number of halogens is 2. The minimum absolute atomic E-state index is 0.166. The lowest BCUT2D eigenvalue weighted by Gasteiger charge is -2.37. The van der Waals surface area contributed by atoms with Gasteiger partial charge in [0, 0.05) is 8.80 Å². The van der Waals surface area contributed by atoms with Crippen molar-refractivity contribution < 1.29 is 13.5 Å². The Morgan fingerprint density at radius 2 is 1.52 bits per heavy atom. The van der Waals surface area contributed by atoms with E-state index in [4.69, 9.17) is 4.74 Å². The Hall–Kier alpha value is -0.903. The van der Waals surface area contributed by atoms with Crippen LogP contribution in [0.3, 0.4) is 0 Å². The van der Waals surface area contributed by atoms with E-state index in [1.54, 1.807) is 12.1 Å². The van der Waals surface area contributed by atoms with Crippen molar-refractivity contribution in [3.05, 3.63) is 29.3 Å². The highest BCUT2D eigenvalue weighted by Crippen LogP contribution is 2.44. The summed E-state index contributed by atoms with van der Waals surface area (Å²) >= 11 is 0. The Bertz CT molecular complexity index is 611. The summed E-state index contributed by atoms with van der Waals surface area (Å²) in [6.45, 7) is 6.25. The zero-order valence-electron chi connectivity index (χ0n) is 18.7. The molecule has 0 spiro atoms. The number of rotatable bonds is 8. The molecule has 0 N–H and O–H groups in total. The Labute approximate surface area is 178 Å². The predicted molar refractivity (Wildman–Crippen MR) is 121 cm³/mol. The fourth-order valence-electron chi connectivity index (χ4n) is 5.87. The molecule has 4 heteroatoms. The van der Waals surface area contributed by atoms with Crippen molar-refractivity contribution in [1.82, 2.24) is 0 Å². The summed E-state index contributed by atoms with van der Waals surface area (Å²) in [4.78, 5) is 0. The number of benzene rings is 1. The molecule has 1 saturated heterocycles. The van der Waals surface area contributed by atoms with E-state index >= 15 is 0 Å². The van der Waals surface area contributed by atoms with Crippen LogP contribution in [0.2, 0.25) is 18.1 Å². The molecule has 2 fully saturated rings. The van der Waals surface area contributed by atoms with E-state index in [0.29, 0.717) is 5.92 Å². The van der Waals surface area contributed by atoms with Crippen LogP contribution in [0.5, 0.6) is 5.75 Å². The maximum absolute atomic E-state index is 14.6. The van der Waals surface area contributed by atoms with Gasteiger partial charge >= 0.3 is 0 Å². The van der Waals surface area contributed by atoms with E-state index in [1.165, 1.54) is 50.3 Å². The number of hydrogen-bond acceptors (Lipinski definition) is 1. The van der Waals surface area contributed by atoms with E-state index < -0.39 is 20.4 Å². The molecule has 1 nitrogen and oxygen atoms in total. The molecule has 1 aromatic rings. The molecule has 164 valence electrons. The minimum atomic E-state index is -0.538. The van der Waals surface area contributed by atoms with Crippen LogP contribution in [0.15, 0.2) is 12.1 Å². The quantitative estimate of drug-likeness (QED) is 0.387. The van der Waals surface area contributed by atoms with Gasteiger partial charge in [-0.15, -0.1) is 0 Å². The van der Waals surface area contributed by atoms with Crippen LogP contribution in [0.25, 0.3) is 0 Å². The Balaban J connectivity index is 1.54. The summed E-state index contributed by atoms with van der Waals surface area (Å²) in [7, 11) is -0.407. The molecule has 2 aliphatic rings. The van der Waals surface area contributed by atoms with Crippen LogP contribution < -0.4 is 4.74 Å². The zero-order chi connectivity index (χ0) is 20.8. The topological polar surface area (TPSA) is 9.23 Å². The van der Waals surface area contributed by atoms with Gasteiger partial charge in [-0.2, -0.15) is 0 Å². The van der Waals surface area contributed by atoms with Gasteiger partial charge < -0.3 is 4.74 Å². The van der Waals surface area contributed by atoms with Crippen molar-refractivity contribution in [3.63, 3.8) is 0 Å². The number of ether oxygens (including phenoxy) is 1. The van der Waals surface area contributed by atoms with E-state index in [1.807, 2.05) is 13.8 Å². The first-order valence-electron chi connectivity index (χ1n) is 12.2. The monoisotopic (exact) mass is 422 g/mol. The standard InChI is InChI=1S/C25H40F2OSi/c1-4-6-18(3)28-25-23(26)16-22(17-24(25)27)20-9-7-19(8-10-20)21-11-14-29(13-5-2)15-12-21/h16-21,29H,4-15H2,1-3H3. The van der Waals surface area contributed by atoms with Gasteiger partial charge in [0.05, 0.1) is 6.10 Å². The molecule has 1 heterocycles. The molecule has 1 aliphatic carbocycles. The zero-order valence-corrected chi connectivity index (χ0v) is 19.8. The summed E-state index contributed by atoms with van der Waals surface area (Å²) in [5.41, 5.74) is 0.827. The average Bonchev–Trinajstić information content (AvgIpc) is 2.72. The molecule has 1 aliphatic heterocycles. The second kappa shape index (κ2) is 10.9. The first kappa shape index (κ1) is 22.8. The molecule has 0 bridgehead atoms. The van der Waals surface area contributed by atoms with Crippen LogP contribution in [-0.2, 0) is 0 Å². The Morgan fingerprint density at radius 1 is 0.931 bits per heavy atom.